The van der Waals surface area contributed by atoms with Gasteiger partial charge in [-0.2, -0.15) is 30.3 Å². The molecule has 3 aromatic carbocycles. The Hall–Kier alpha value is -1.92. The van der Waals surface area contributed by atoms with Crippen LogP contribution in [0.1, 0.15) is 16.7 Å². The smallest absolute Gasteiger partial charge is 0.489 e. The molecule has 0 amide bonds. The van der Waals surface area contributed by atoms with Crippen molar-refractivity contribution in [1.82, 2.24) is 0 Å². The van der Waals surface area contributed by atoms with Gasteiger partial charge in [0.1, 0.15) is 12.4 Å². The van der Waals surface area contributed by atoms with Crippen molar-refractivity contribution in [3.8, 4) is 16.9 Å². The average Bonchev–Trinajstić information content (AvgIpc) is 2.57. The van der Waals surface area contributed by atoms with Gasteiger partial charge in [0.25, 0.3) is 0 Å². The van der Waals surface area contributed by atoms with Crippen LogP contribution in [-0.2, 0) is 26.1 Å². The van der Waals surface area contributed by atoms with Gasteiger partial charge in [-0.3, -0.25) is 0 Å². The van der Waals surface area contributed by atoms with Gasteiger partial charge in [0.15, 0.2) is 0 Å². The monoisotopic (exact) mass is 389 g/mol. The molecular weight excluding hydrogens is 369 g/mol. The van der Waals surface area contributed by atoms with E-state index < -0.39 is 0 Å². The minimum absolute atomic E-state index is 0. The van der Waals surface area contributed by atoms with Crippen molar-refractivity contribution in [3.05, 3.63) is 89.5 Å². The molecule has 2 heteroatoms. The standard InChI is InChI=1S/C21H19O.Ru/c1-16-8-9-18(14-17(16)2)15-22-21-12-10-20(11-13-21)19-6-4-3-5-7-19;/h4-14H,15H2,1-2H3;/q-1;+1. The molecule has 3 rings (SSSR count). The number of hydrogen-bond donors (Lipinski definition) is 0. The van der Waals surface area contributed by atoms with Crippen molar-refractivity contribution in [2.24, 2.45) is 0 Å². The molecule has 0 unspecified atom stereocenters. The van der Waals surface area contributed by atoms with E-state index in [-0.39, 0.29) is 19.5 Å². The van der Waals surface area contributed by atoms with Gasteiger partial charge in [-0.1, -0.05) is 30.3 Å². The average molecular weight is 388 g/mol. The van der Waals surface area contributed by atoms with Gasteiger partial charge in [0.2, 0.25) is 0 Å². The van der Waals surface area contributed by atoms with Crippen LogP contribution >= 0.6 is 0 Å². The minimum Gasteiger partial charge on any atom is -0.489 e. The van der Waals surface area contributed by atoms with Crippen LogP contribution in [0.4, 0.5) is 0 Å². The third kappa shape index (κ3) is 4.53. The van der Waals surface area contributed by atoms with E-state index in [0.717, 1.165) is 5.75 Å². The number of aryl methyl sites for hydroxylation is 2. The van der Waals surface area contributed by atoms with Crippen LogP contribution < -0.4 is 4.74 Å². The molecule has 0 atom stereocenters. The molecule has 1 radical (unpaired) electrons. The van der Waals surface area contributed by atoms with Crippen molar-refractivity contribution in [3.63, 3.8) is 0 Å². The van der Waals surface area contributed by atoms with Crippen LogP contribution in [0, 0.1) is 19.9 Å². The molecule has 0 spiro atoms. The van der Waals surface area contributed by atoms with E-state index in [4.69, 9.17) is 4.74 Å². The summed E-state index contributed by atoms with van der Waals surface area (Å²) in [6.45, 7) is 4.85. The first-order chi connectivity index (χ1) is 10.7. The largest absolute Gasteiger partial charge is 1.00 e. The second-order valence-electron chi connectivity index (χ2n) is 5.52. The normalized spacial score (nSPS) is 10.0. The van der Waals surface area contributed by atoms with Crippen molar-refractivity contribution < 1.29 is 24.2 Å². The topological polar surface area (TPSA) is 9.23 Å². The van der Waals surface area contributed by atoms with Gasteiger partial charge in [0.05, 0.1) is 0 Å². The van der Waals surface area contributed by atoms with Gasteiger partial charge in [-0.15, -0.1) is 5.56 Å². The molecule has 0 heterocycles. The Labute approximate surface area is 151 Å². The molecular formula is C21H19ORu. The first kappa shape index (κ1) is 17.4. The van der Waals surface area contributed by atoms with Crippen LogP contribution in [0.2, 0.25) is 0 Å². The van der Waals surface area contributed by atoms with E-state index in [1.54, 1.807) is 0 Å². The van der Waals surface area contributed by atoms with Crippen LogP contribution in [-0.4, -0.2) is 0 Å². The fourth-order valence-corrected chi connectivity index (χ4v) is 2.38. The molecule has 0 aliphatic rings. The van der Waals surface area contributed by atoms with Gasteiger partial charge in [-0.05, 0) is 48.2 Å². The summed E-state index contributed by atoms with van der Waals surface area (Å²) in [5.41, 5.74) is 6.20. The van der Waals surface area contributed by atoms with Gasteiger partial charge >= 0.3 is 19.5 Å². The predicted octanol–water partition coefficient (Wildman–Crippen LogP) is 5.35. The van der Waals surface area contributed by atoms with E-state index in [1.165, 1.54) is 27.8 Å². The second-order valence-corrected chi connectivity index (χ2v) is 5.52. The summed E-state index contributed by atoms with van der Waals surface area (Å²) in [5.74, 6) is 0.893. The summed E-state index contributed by atoms with van der Waals surface area (Å²) in [6, 6.07) is 25.7. The number of hydrogen-bond acceptors (Lipinski definition) is 1. The molecule has 0 aromatic heterocycles. The van der Waals surface area contributed by atoms with Gasteiger partial charge in [0, 0.05) is 0 Å². The maximum absolute atomic E-state index is 5.87. The summed E-state index contributed by atoms with van der Waals surface area (Å²) in [7, 11) is 0. The Morgan fingerprint density at radius 2 is 1.43 bits per heavy atom. The van der Waals surface area contributed by atoms with Crippen molar-refractivity contribution in [2.75, 3.05) is 0 Å². The zero-order valence-electron chi connectivity index (χ0n) is 13.3. The van der Waals surface area contributed by atoms with E-state index in [1.807, 2.05) is 24.3 Å². The molecule has 0 bridgehead atoms. The summed E-state index contributed by atoms with van der Waals surface area (Å²) in [6.07, 6.45) is 0. The molecule has 0 saturated carbocycles. The Bertz CT molecular complexity index is 749. The van der Waals surface area contributed by atoms with Crippen molar-refractivity contribution in [2.45, 2.75) is 20.5 Å². The summed E-state index contributed by atoms with van der Waals surface area (Å²) in [4.78, 5) is 0. The fourth-order valence-electron chi connectivity index (χ4n) is 2.38. The first-order valence-electron chi connectivity index (χ1n) is 7.48. The quantitative estimate of drug-likeness (QED) is 0.433. The first-order valence-corrected chi connectivity index (χ1v) is 7.48. The van der Waals surface area contributed by atoms with Crippen molar-refractivity contribution >= 4 is 0 Å². The third-order valence-electron chi connectivity index (χ3n) is 3.88. The number of rotatable bonds is 4. The Kier molecular flexibility index (Phi) is 6.13. The third-order valence-corrected chi connectivity index (χ3v) is 3.88. The van der Waals surface area contributed by atoms with E-state index >= 15 is 0 Å². The zero-order chi connectivity index (χ0) is 15.4. The van der Waals surface area contributed by atoms with Crippen LogP contribution in [0.15, 0.2) is 66.7 Å². The van der Waals surface area contributed by atoms with E-state index in [9.17, 15) is 0 Å². The molecule has 0 N–H and O–H groups in total. The molecule has 0 aliphatic carbocycles. The SMILES string of the molecule is Cc1ccc(COc2ccc(-c3cc[c-]cc3)cc2)cc1C.[Ru+]. The van der Waals surface area contributed by atoms with E-state index in [2.05, 4.69) is 62.4 Å². The Morgan fingerprint density at radius 3 is 2.09 bits per heavy atom. The summed E-state index contributed by atoms with van der Waals surface area (Å²) < 4.78 is 5.87. The van der Waals surface area contributed by atoms with Gasteiger partial charge < -0.3 is 4.74 Å². The van der Waals surface area contributed by atoms with Crippen molar-refractivity contribution in [1.29, 1.82) is 0 Å². The molecule has 117 valence electrons. The van der Waals surface area contributed by atoms with Crippen LogP contribution in [0.25, 0.3) is 11.1 Å². The molecule has 0 fully saturated rings. The molecule has 1 nitrogen and oxygen atoms in total. The zero-order valence-corrected chi connectivity index (χ0v) is 15.1. The maximum Gasteiger partial charge on any atom is 1.00 e. The van der Waals surface area contributed by atoms with E-state index in [0.29, 0.717) is 6.61 Å². The Morgan fingerprint density at radius 1 is 0.783 bits per heavy atom. The summed E-state index contributed by atoms with van der Waals surface area (Å²) in [5, 5.41) is 0. The maximum atomic E-state index is 5.87. The molecule has 0 saturated heterocycles. The molecule has 3 aromatic rings. The fraction of sp³-hybridized carbons (Fsp3) is 0.143. The number of benzene rings is 3. The summed E-state index contributed by atoms with van der Waals surface area (Å²) >= 11 is 0. The second kappa shape index (κ2) is 8.08. The minimum atomic E-state index is 0. The van der Waals surface area contributed by atoms with Crippen LogP contribution in [0.3, 0.4) is 0 Å². The Balaban J connectivity index is 0.00000192. The van der Waals surface area contributed by atoms with Gasteiger partial charge in [-0.25, -0.2) is 0 Å². The van der Waals surface area contributed by atoms with Crippen LogP contribution in [0.5, 0.6) is 5.75 Å². The predicted molar refractivity (Wildman–Crippen MR) is 91.0 cm³/mol. The molecule has 0 aliphatic heterocycles. The number of ether oxygens (including phenoxy) is 1. The molecule has 23 heavy (non-hydrogen) atoms.